The van der Waals surface area contributed by atoms with Gasteiger partial charge in [0.25, 0.3) is 5.92 Å². The molecule has 66 valence electrons. The summed E-state index contributed by atoms with van der Waals surface area (Å²) in [5, 5.41) is 0. The van der Waals surface area contributed by atoms with Gasteiger partial charge in [0.2, 0.25) is 0 Å². The summed E-state index contributed by atoms with van der Waals surface area (Å²) in [7, 11) is 0. The molecule has 1 fully saturated rings. The molecule has 0 amide bonds. The van der Waals surface area contributed by atoms with Gasteiger partial charge in [-0.3, -0.25) is 0 Å². The van der Waals surface area contributed by atoms with Gasteiger partial charge in [-0.2, -0.15) is 0 Å². The molecule has 11 heavy (non-hydrogen) atoms. The van der Waals surface area contributed by atoms with Gasteiger partial charge in [-0.1, -0.05) is 29.0 Å². The Kier molecular flexibility index (Phi) is 3.52. The maximum Gasteiger partial charge on any atom is 0.250 e. The summed E-state index contributed by atoms with van der Waals surface area (Å²) in [6, 6.07) is 0. The highest BCUT2D eigenvalue weighted by Gasteiger charge is 2.40. The zero-order chi connectivity index (χ0) is 8.32. The molecule has 1 rings (SSSR count). The maximum absolute atomic E-state index is 13.1. The SMILES string of the molecule is FC1(F)CCCCC1CCI. The Labute approximate surface area is 79.9 Å². The third-order valence-electron chi connectivity index (χ3n) is 2.37. The van der Waals surface area contributed by atoms with E-state index in [9.17, 15) is 8.78 Å². The van der Waals surface area contributed by atoms with Crippen LogP contribution in [0.15, 0.2) is 0 Å². The second kappa shape index (κ2) is 4.01. The van der Waals surface area contributed by atoms with Crippen molar-refractivity contribution in [2.45, 2.75) is 38.0 Å². The van der Waals surface area contributed by atoms with Crippen LogP contribution in [0.4, 0.5) is 8.78 Å². The highest BCUT2D eigenvalue weighted by atomic mass is 127. The molecule has 0 heterocycles. The zero-order valence-corrected chi connectivity index (χ0v) is 8.61. The summed E-state index contributed by atoms with van der Waals surface area (Å²) >= 11 is 2.17. The molecule has 0 spiro atoms. The molecule has 0 aliphatic heterocycles. The summed E-state index contributed by atoms with van der Waals surface area (Å²) < 4.78 is 27.0. The van der Waals surface area contributed by atoms with Gasteiger partial charge in [-0.25, -0.2) is 8.78 Å². The first-order chi connectivity index (χ1) is 5.17. The zero-order valence-electron chi connectivity index (χ0n) is 6.45. The van der Waals surface area contributed by atoms with Crippen LogP contribution in [0.25, 0.3) is 0 Å². The average Bonchev–Trinajstić information content (AvgIpc) is 1.94. The highest BCUT2D eigenvalue weighted by molar-refractivity contribution is 14.1. The first kappa shape index (κ1) is 9.68. The molecule has 0 aromatic rings. The van der Waals surface area contributed by atoms with Crippen LogP contribution >= 0.6 is 22.6 Å². The van der Waals surface area contributed by atoms with Gasteiger partial charge in [-0.05, 0) is 19.3 Å². The Hall–Kier alpha value is 0.590. The summed E-state index contributed by atoms with van der Waals surface area (Å²) in [6.45, 7) is 0. The molecule has 0 bridgehead atoms. The van der Waals surface area contributed by atoms with Crippen molar-refractivity contribution in [1.29, 1.82) is 0 Å². The minimum Gasteiger partial charge on any atom is -0.207 e. The smallest absolute Gasteiger partial charge is 0.207 e. The lowest BCUT2D eigenvalue weighted by Crippen LogP contribution is -2.31. The van der Waals surface area contributed by atoms with Gasteiger partial charge in [0, 0.05) is 16.8 Å². The van der Waals surface area contributed by atoms with E-state index in [4.69, 9.17) is 0 Å². The third kappa shape index (κ3) is 2.53. The Bertz CT molecular complexity index is 123. The fourth-order valence-electron chi connectivity index (χ4n) is 1.65. The monoisotopic (exact) mass is 274 g/mol. The summed E-state index contributed by atoms with van der Waals surface area (Å²) in [5.41, 5.74) is 0. The summed E-state index contributed by atoms with van der Waals surface area (Å²) in [6.07, 6.45) is 3.25. The second-order valence-electron chi connectivity index (χ2n) is 3.18. The van der Waals surface area contributed by atoms with Crippen LogP contribution in [0.1, 0.15) is 32.1 Å². The predicted octanol–water partition coefficient (Wildman–Crippen LogP) is 3.64. The largest absolute Gasteiger partial charge is 0.250 e. The number of alkyl halides is 3. The van der Waals surface area contributed by atoms with Crippen molar-refractivity contribution < 1.29 is 8.78 Å². The summed E-state index contributed by atoms with van der Waals surface area (Å²) in [4.78, 5) is 0. The van der Waals surface area contributed by atoms with Crippen molar-refractivity contribution >= 4 is 22.6 Å². The molecule has 0 N–H and O–H groups in total. The Morgan fingerprint density at radius 2 is 2.09 bits per heavy atom. The van der Waals surface area contributed by atoms with Crippen LogP contribution in [-0.4, -0.2) is 10.4 Å². The molecule has 1 saturated carbocycles. The quantitative estimate of drug-likeness (QED) is 0.532. The number of rotatable bonds is 2. The first-order valence-electron chi connectivity index (χ1n) is 4.10. The van der Waals surface area contributed by atoms with E-state index in [1.807, 2.05) is 0 Å². The van der Waals surface area contributed by atoms with Crippen molar-refractivity contribution in [1.82, 2.24) is 0 Å². The van der Waals surface area contributed by atoms with E-state index in [1.165, 1.54) is 0 Å². The summed E-state index contributed by atoms with van der Waals surface area (Å²) in [5.74, 6) is -2.68. The van der Waals surface area contributed by atoms with Crippen LogP contribution in [0.2, 0.25) is 0 Å². The molecular weight excluding hydrogens is 261 g/mol. The molecule has 1 aliphatic rings. The molecule has 1 atom stereocenters. The predicted molar refractivity (Wildman–Crippen MR) is 50.4 cm³/mol. The molecule has 0 nitrogen and oxygen atoms in total. The minimum absolute atomic E-state index is 0.119. The van der Waals surface area contributed by atoms with Crippen LogP contribution in [0.5, 0.6) is 0 Å². The normalized spacial score (nSPS) is 30.3. The fraction of sp³-hybridized carbons (Fsp3) is 1.00. The van der Waals surface area contributed by atoms with Crippen molar-refractivity contribution in [3.05, 3.63) is 0 Å². The molecule has 1 unspecified atom stereocenters. The van der Waals surface area contributed by atoms with Crippen molar-refractivity contribution in [3.63, 3.8) is 0 Å². The van der Waals surface area contributed by atoms with Gasteiger partial charge in [0.1, 0.15) is 0 Å². The maximum atomic E-state index is 13.1. The van der Waals surface area contributed by atoms with E-state index in [0.29, 0.717) is 12.8 Å². The topological polar surface area (TPSA) is 0 Å². The van der Waals surface area contributed by atoms with E-state index in [2.05, 4.69) is 22.6 Å². The number of hydrogen-bond acceptors (Lipinski definition) is 0. The molecule has 0 aromatic heterocycles. The Morgan fingerprint density at radius 3 is 2.64 bits per heavy atom. The van der Waals surface area contributed by atoms with Crippen molar-refractivity contribution in [3.8, 4) is 0 Å². The standard InChI is InChI=1S/C8H13F2I/c9-8(10)5-2-1-3-7(8)4-6-11/h7H,1-6H2. The van der Waals surface area contributed by atoms with E-state index < -0.39 is 5.92 Å². The second-order valence-corrected chi connectivity index (χ2v) is 4.26. The van der Waals surface area contributed by atoms with Gasteiger partial charge in [-0.15, -0.1) is 0 Å². The minimum atomic E-state index is -2.36. The van der Waals surface area contributed by atoms with Gasteiger partial charge >= 0.3 is 0 Å². The van der Waals surface area contributed by atoms with E-state index in [-0.39, 0.29) is 12.3 Å². The van der Waals surface area contributed by atoms with Gasteiger partial charge in [0.15, 0.2) is 0 Å². The molecule has 0 aromatic carbocycles. The number of hydrogen-bond donors (Lipinski definition) is 0. The molecule has 0 saturated heterocycles. The molecule has 1 aliphatic carbocycles. The van der Waals surface area contributed by atoms with Crippen LogP contribution in [-0.2, 0) is 0 Å². The van der Waals surface area contributed by atoms with E-state index >= 15 is 0 Å². The fourth-order valence-corrected chi connectivity index (χ4v) is 2.41. The number of halogens is 3. The lowest BCUT2D eigenvalue weighted by Gasteiger charge is -2.30. The van der Waals surface area contributed by atoms with E-state index in [1.54, 1.807) is 0 Å². The highest BCUT2D eigenvalue weighted by Crippen LogP contribution is 2.40. The van der Waals surface area contributed by atoms with Gasteiger partial charge < -0.3 is 0 Å². The Morgan fingerprint density at radius 1 is 1.36 bits per heavy atom. The molecule has 0 radical (unpaired) electrons. The van der Waals surface area contributed by atoms with Crippen LogP contribution in [0, 0.1) is 5.92 Å². The van der Waals surface area contributed by atoms with Gasteiger partial charge in [0.05, 0.1) is 0 Å². The average molecular weight is 274 g/mol. The lowest BCUT2D eigenvalue weighted by molar-refractivity contribution is -0.0858. The van der Waals surface area contributed by atoms with Crippen LogP contribution < -0.4 is 0 Å². The van der Waals surface area contributed by atoms with E-state index in [0.717, 1.165) is 17.3 Å². The molecular formula is C8H13F2I. The first-order valence-corrected chi connectivity index (χ1v) is 5.63. The third-order valence-corrected chi connectivity index (χ3v) is 2.99. The van der Waals surface area contributed by atoms with Crippen molar-refractivity contribution in [2.75, 3.05) is 4.43 Å². The van der Waals surface area contributed by atoms with Crippen molar-refractivity contribution in [2.24, 2.45) is 5.92 Å². The lowest BCUT2D eigenvalue weighted by atomic mass is 9.84. The molecule has 3 heteroatoms. The Balaban J connectivity index is 2.45. The van der Waals surface area contributed by atoms with Crippen LogP contribution in [0.3, 0.4) is 0 Å².